The van der Waals surface area contributed by atoms with Gasteiger partial charge in [-0.05, 0) is 29.8 Å². The molecular weight excluding hydrogens is 380 g/mol. The number of furan rings is 1. The molecular formula is C19H16N4O4S. The second-order valence-electron chi connectivity index (χ2n) is 6.35. The van der Waals surface area contributed by atoms with Crippen molar-refractivity contribution in [3.05, 3.63) is 70.8 Å². The number of Topliss-reactive ketones (excluding diaryl/α,β-unsaturated/α-hetero) is 1. The summed E-state index contributed by atoms with van der Waals surface area (Å²) in [5, 5.41) is 18.6. The van der Waals surface area contributed by atoms with Crippen LogP contribution in [0.25, 0.3) is 0 Å². The average Bonchev–Trinajstić information content (AvgIpc) is 3.43. The fourth-order valence-electron chi connectivity index (χ4n) is 3.12. The summed E-state index contributed by atoms with van der Waals surface area (Å²) in [6.07, 6.45) is 1.37. The summed E-state index contributed by atoms with van der Waals surface area (Å²) in [5.41, 5.74) is 3.06. The number of aliphatic hydroxyl groups is 1. The van der Waals surface area contributed by atoms with Gasteiger partial charge in [0.25, 0.3) is 5.91 Å². The van der Waals surface area contributed by atoms with E-state index in [2.05, 4.69) is 10.2 Å². The Bertz CT molecular complexity index is 1040. The summed E-state index contributed by atoms with van der Waals surface area (Å²) in [6.45, 7) is 0. The van der Waals surface area contributed by atoms with Gasteiger partial charge in [0.05, 0.1) is 17.9 Å². The lowest BCUT2D eigenvalue weighted by Gasteiger charge is -2.24. The molecule has 3 heterocycles. The first kappa shape index (κ1) is 17.9. The number of amides is 1. The first-order valence-electron chi connectivity index (χ1n) is 8.37. The predicted molar refractivity (Wildman–Crippen MR) is 104 cm³/mol. The molecule has 142 valence electrons. The molecule has 3 aromatic rings. The minimum atomic E-state index is -0.839. The SMILES string of the molecule is CN(C)c1ccc(C2C(C(=O)c3ccco3)=C(O)C(=O)N2c2nncs2)cc1. The lowest BCUT2D eigenvalue weighted by atomic mass is 9.95. The Labute approximate surface area is 164 Å². The van der Waals surface area contributed by atoms with Gasteiger partial charge in [0.15, 0.2) is 11.5 Å². The van der Waals surface area contributed by atoms with Gasteiger partial charge in [-0.25, -0.2) is 0 Å². The van der Waals surface area contributed by atoms with E-state index in [0.717, 1.165) is 17.0 Å². The normalized spacial score (nSPS) is 16.7. The maximum absolute atomic E-state index is 13.0. The molecule has 0 radical (unpaired) electrons. The van der Waals surface area contributed by atoms with Gasteiger partial charge in [-0.1, -0.05) is 23.5 Å². The second-order valence-corrected chi connectivity index (χ2v) is 7.17. The summed E-state index contributed by atoms with van der Waals surface area (Å²) in [5.74, 6) is -1.82. The molecule has 1 aliphatic heterocycles. The van der Waals surface area contributed by atoms with Crippen LogP contribution >= 0.6 is 11.3 Å². The van der Waals surface area contributed by atoms with Crippen LogP contribution in [0.4, 0.5) is 10.8 Å². The second kappa shape index (κ2) is 6.93. The number of nitrogens with zero attached hydrogens (tertiary/aromatic N) is 4. The van der Waals surface area contributed by atoms with Gasteiger partial charge in [0.1, 0.15) is 5.51 Å². The van der Waals surface area contributed by atoms with Crippen molar-refractivity contribution in [2.75, 3.05) is 23.9 Å². The van der Waals surface area contributed by atoms with E-state index in [1.807, 2.05) is 43.3 Å². The minimum absolute atomic E-state index is 0.0448. The Balaban J connectivity index is 1.85. The van der Waals surface area contributed by atoms with Crippen molar-refractivity contribution in [2.24, 2.45) is 0 Å². The van der Waals surface area contributed by atoms with Crippen LogP contribution in [0.2, 0.25) is 0 Å². The molecule has 0 aliphatic carbocycles. The van der Waals surface area contributed by atoms with Gasteiger partial charge >= 0.3 is 0 Å². The maximum atomic E-state index is 13.0. The van der Waals surface area contributed by atoms with Crippen LogP contribution in [0.5, 0.6) is 0 Å². The van der Waals surface area contributed by atoms with E-state index in [1.54, 1.807) is 6.07 Å². The average molecular weight is 396 g/mol. The van der Waals surface area contributed by atoms with Crippen molar-refractivity contribution in [3.8, 4) is 0 Å². The number of benzene rings is 1. The number of aliphatic hydroxyl groups excluding tert-OH is 1. The highest BCUT2D eigenvalue weighted by Crippen LogP contribution is 2.42. The topological polar surface area (TPSA) is 99.8 Å². The molecule has 0 saturated heterocycles. The van der Waals surface area contributed by atoms with E-state index in [9.17, 15) is 14.7 Å². The smallest absolute Gasteiger partial charge is 0.296 e. The van der Waals surface area contributed by atoms with E-state index in [4.69, 9.17) is 4.42 Å². The molecule has 0 spiro atoms. The van der Waals surface area contributed by atoms with Crippen molar-refractivity contribution >= 4 is 33.8 Å². The number of carbonyl (C=O) groups excluding carboxylic acids is 2. The van der Waals surface area contributed by atoms with Gasteiger partial charge in [0, 0.05) is 19.8 Å². The van der Waals surface area contributed by atoms with Crippen LogP contribution in [-0.4, -0.2) is 41.1 Å². The summed E-state index contributed by atoms with van der Waals surface area (Å²) in [4.78, 5) is 29.0. The largest absolute Gasteiger partial charge is 0.503 e. The molecule has 0 fully saturated rings. The lowest BCUT2D eigenvalue weighted by molar-refractivity contribution is -0.117. The number of anilines is 2. The number of hydrogen-bond donors (Lipinski definition) is 1. The quantitative estimate of drug-likeness (QED) is 0.662. The van der Waals surface area contributed by atoms with E-state index < -0.39 is 23.5 Å². The zero-order valence-corrected chi connectivity index (χ0v) is 15.9. The molecule has 4 rings (SSSR count). The Morgan fingerprint density at radius 1 is 1.25 bits per heavy atom. The summed E-state index contributed by atoms with van der Waals surface area (Å²) < 4.78 is 5.20. The minimum Gasteiger partial charge on any atom is -0.503 e. The number of aromatic nitrogens is 2. The molecule has 9 heteroatoms. The predicted octanol–water partition coefficient (Wildman–Crippen LogP) is 2.98. The van der Waals surface area contributed by atoms with Crippen LogP contribution in [0.3, 0.4) is 0 Å². The van der Waals surface area contributed by atoms with Gasteiger partial charge in [-0.3, -0.25) is 14.5 Å². The van der Waals surface area contributed by atoms with Gasteiger partial charge in [0.2, 0.25) is 10.9 Å². The third-order valence-corrected chi connectivity index (χ3v) is 5.17. The zero-order chi connectivity index (χ0) is 19.8. The molecule has 28 heavy (non-hydrogen) atoms. The summed E-state index contributed by atoms with van der Waals surface area (Å²) in [7, 11) is 3.83. The number of ketones is 1. The molecule has 8 nitrogen and oxygen atoms in total. The molecule has 1 aliphatic rings. The van der Waals surface area contributed by atoms with E-state index >= 15 is 0 Å². The Morgan fingerprint density at radius 2 is 2.00 bits per heavy atom. The highest BCUT2D eigenvalue weighted by atomic mass is 32.1. The van der Waals surface area contributed by atoms with Crippen molar-refractivity contribution in [1.29, 1.82) is 0 Å². The molecule has 1 unspecified atom stereocenters. The Morgan fingerprint density at radius 3 is 2.57 bits per heavy atom. The van der Waals surface area contributed by atoms with Crippen LogP contribution < -0.4 is 9.80 Å². The van der Waals surface area contributed by atoms with Gasteiger partial charge < -0.3 is 14.4 Å². The first-order chi connectivity index (χ1) is 13.5. The van der Waals surface area contributed by atoms with Crippen LogP contribution in [0.15, 0.2) is 63.9 Å². The molecule has 1 N–H and O–H groups in total. The number of hydrogen-bond acceptors (Lipinski definition) is 8. The molecule has 0 saturated carbocycles. The van der Waals surface area contributed by atoms with Crippen molar-refractivity contribution in [3.63, 3.8) is 0 Å². The van der Waals surface area contributed by atoms with E-state index in [0.29, 0.717) is 10.7 Å². The van der Waals surface area contributed by atoms with Crippen molar-refractivity contribution in [2.45, 2.75) is 6.04 Å². The summed E-state index contributed by atoms with van der Waals surface area (Å²) >= 11 is 1.15. The highest BCUT2D eigenvalue weighted by Gasteiger charge is 2.46. The van der Waals surface area contributed by atoms with Crippen LogP contribution in [0, 0.1) is 0 Å². The zero-order valence-electron chi connectivity index (χ0n) is 15.1. The van der Waals surface area contributed by atoms with E-state index in [-0.39, 0.29) is 11.3 Å². The maximum Gasteiger partial charge on any atom is 0.296 e. The number of rotatable bonds is 5. The third kappa shape index (κ3) is 2.85. The lowest BCUT2D eigenvalue weighted by Crippen LogP contribution is -2.31. The van der Waals surface area contributed by atoms with E-state index in [1.165, 1.54) is 22.7 Å². The van der Waals surface area contributed by atoms with Crippen molar-refractivity contribution < 1.29 is 19.1 Å². The molecule has 0 bridgehead atoms. The molecule has 2 aromatic heterocycles. The third-order valence-electron chi connectivity index (χ3n) is 4.48. The summed E-state index contributed by atoms with van der Waals surface area (Å²) in [6, 6.07) is 9.61. The monoisotopic (exact) mass is 396 g/mol. The molecule has 1 amide bonds. The highest BCUT2D eigenvalue weighted by molar-refractivity contribution is 7.13. The standard InChI is InChI=1S/C19H16N4O4S/c1-22(2)12-7-5-11(6-8-12)15-14(16(24)13-4-3-9-27-13)17(25)18(26)23(15)19-21-20-10-28-19/h3-10,15,25H,1-2H3. The Hall–Kier alpha value is -3.46. The fourth-order valence-corrected chi connectivity index (χ4v) is 3.70. The Kier molecular flexibility index (Phi) is 4.44. The fraction of sp³-hybridized carbons (Fsp3) is 0.158. The number of carbonyl (C=O) groups is 2. The molecule has 1 aromatic carbocycles. The van der Waals surface area contributed by atoms with Crippen LogP contribution in [0.1, 0.15) is 22.2 Å². The van der Waals surface area contributed by atoms with Gasteiger partial charge in [-0.2, -0.15) is 0 Å². The van der Waals surface area contributed by atoms with Crippen LogP contribution in [-0.2, 0) is 4.79 Å². The molecule has 1 atom stereocenters. The van der Waals surface area contributed by atoms with Gasteiger partial charge in [-0.15, -0.1) is 10.2 Å². The van der Waals surface area contributed by atoms with Crippen molar-refractivity contribution in [1.82, 2.24) is 10.2 Å². The first-order valence-corrected chi connectivity index (χ1v) is 9.25.